The fourth-order valence-electron chi connectivity index (χ4n) is 1.52. The fraction of sp³-hybridized carbons (Fsp3) is 0.182. The minimum atomic E-state index is -0.837. The Labute approximate surface area is 95.7 Å². The van der Waals surface area contributed by atoms with E-state index in [1.807, 2.05) is 0 Å². The maximum absolute atomic E-state index is 13.0. The molecule has 0 saturated heterocycles. The van der Waals surface area contributed by atoms with Gasteiger partial charge in [0.1, 0.15) is 5.82 Å². The van der Waals surface area contributed by atoms with E-state index in [2.05, 4.69) is 4.98 Å². The van der Waals surface area contributed by atoms with Crippen molar-refractivity contribution in [2.24, 2.45) is 0 Å². The van der Waals surface area contributed by atoms with Crippen LogP contribution in [0.2, 0.25) is 0 Å². The summed E-state index contributed by atoms with van der Waals surface area (Å²) >= 11 is 1.30. The Morgan fingerprint density at radius 3 is 3.06 bits per heavy atom. The van der Waals surface area contributed by atoms with Gasteiger partial charge in [-0.05, 0) is 23.8 Å². The third kappa shape index (κ3) is 2.36. The summed E-state index contributed by atoms with van der Waals surface area (Å²) < 4.78 is 13.0. The summed E-state index contributed by atoms with van der Waals surface area (Å²) in [4.78, 5) is 13.4. The summed E-state index contributed by atoms with van der Waals surface area (Å²) in [7, 11) is 0. The van der Waals surface area contributed by atoms with Crippen molar-refractivity contribution < 1.29 is 14.3 Å². The number of aliphatic carboxylic acids is 1. The average Bonchev–Trinajstić information content (AvgIpc) is 2.60. The first-order chi connectivity index (χ1) is 7.66. The predicted octanol–water partition coefficient (Wildman–Crippen LogP) is 2.62. The lowest BCUT2D eigenvalue weighted by Crippen LogP contribution is -1.97. The molecule has 0 aliphatic rings. The van der Waals surface area contributed by atoms with Crippen LogP contribution in [0.3, 0.4) is 0 Å². The molecule has 0 amide bonds. The van der Waals surface area contributed by atoms with Crippen LogP contribution in [0.4, 0.5) is 4.39 Å². The average molecular weight is 239 g/mol. The van der Waals surface area contributed by atoms with Gasteiger partial charge >= 0.3 is 5.97 Å². The summed E-state index contributed by atoms with van der Waals surface area (Å²) in [6.07, 6.45) is 1.79. The lowest BCUT2D eigenvalue weighted by atomic mass is 10.2. The van der Waals surface area contributed by atoms with Crippen molar-refractivity contribution in [1.82, 2.24) is 4.98 Å². The maximum atomic E-state index is 13.0. The quantitative estimate of drug-likeness (QED) is 0.862. The van der Waals surface area contributed by atoms with Crippen molar-refractivity contribution in [2.75, 3.05) is 5.75 Å². The van der Waals surface area contributed by atoms with E-state index in [9.17, 15) is 9.18 Å². The Hall–Kier alpha value is -1.49. The molecule has 0 aliphatic heterocycles. The maximum Gasteiger partial charge on any atom is 0.313 e. The summed E-state index contributed by atoms with van der Waals surface area (Å²) in [6, 6.07) is 4.53. The summed E-state index contributed by atoms with van der Waals surface area (Å²) in [5, 5.41) is 9.33. The Morgan fingerprint density at radius 2 is 2.31 bits per heavy atom. The fourth-order valence-corrected chi connectivity index (χ4v) is 2.25. The number of fused-ring (bicyclic) bond motifs is 1. The molecule has 0 aliphatic carbocycles. The number of carboxylic acids is 1. The van der Waals surface area contributed by atoms with Crippen LogP contribution in [0.25, 0.3) is 10.9 Å². The zero-order valence-electron chi connectivity index (χ0n) is 8.37. The molecular formula is C11H10FNO2S. The van der Waals surface area contributed by atoms with Crippen LogP contribution >= 0.6 is 11.8 Å². The number of thioether (sulfide) groups is 1. The number of halogens is 1. The SMILES string of the molecule is O=C(O)CSCc1c[nH]c2ccc(F)cc12. The molecule has 3 nitrogen and oxygen atoms in total. The van der Waals surface area contributed by atoms with Crippen molar-refractivity contribution in [3.05, 3.63) is 35.8 Å². The van der Waals surface area contributed by atoms with Crippen LogP contribution in [0, 0.1) is 5.82 Å². The van der Waals surface area contributed by atoms with Gasteiger partial charge in [0, 0.05) is 22.9 Å². The van der Waals surface area contributed by atoms with Crippen molar-refractivity contribution >= 4 is 28.6 Å². The zero-order chi connectivity index (χ0) is 11.5. The van der Waals surface area contributed by atoms with Crippen molar-refractivity contribution in [3.63, 3.8) is 0 Å². The van der Waals surface area contributed by atoms with Crippen LogP contribution in [0.5, 0.6) is 0 Å². The number of aromatic nitrogens is 1. The smallest absolute Gasteiger partial charge is 0.313 e. The van der Waals surface area contributed by atoms with Crippen LogP contribution < -0.4 is 0 Å². The third-order valence-corrected chi connectivity index (χ3v) is 3.18. The monoisotopic (exact) mass is 239 g/mol. The molecule has 0 unspecified atom stereocenters. The molecule has 0 atom stereocenters. The number of benzene rings is 1. The molecule has 1 heterocycles. The molecule has 84 valence electrons. The Balaban J connectivity index is 2.17. The van der Waals surface area contributed by atoms with E-state index in [0.29, 0.717) is 5.75 Å². The first-order valence-electron chi connectivity index (χ1n) is 4.72. The Kier molecular flexibility index (Phi) is 3.14. The molecule has 0 spiro atoms. The Bertz CT molecular complexity index is 524. The second kappa shape index (κ2) is 4.57. The summed E-state index contributed by atoms with van der Waals surface area (Å²) in [6.45, 7) is 0. The highest BCUT2D eigenvalue weighted by molar-refractivity contribution is 7.99. The van der Waals surface area contributed by atoms with Gasteiger partial charge in [0.25, 0.3) is 0 Å². The first kappa shape index (κ1) is 11.0. The largest absolute Gasteiger partial charge is 0.481 e. The van der Waals surface area contributed by atoms with Gasteiger partial charge in [-0.1, -0.05) is 0 Å². The molecule has 2 rings (SSSR count). The molecule has 1 aromatic carbocycles. The van der Waals surface area contributed by atoms with Crippen molar-refractivity contribution in [3.8, 4) is 0 Å². The van der Waals surface area contributed by atoms with Gasteiger partial charge in [0.15, 0.2) is 0 Å². The van der Waals surface area contributed by atoms with Gasteiger partial charge in [-0.2, -0.15) is 0 Å². The van der Waals surface area contributed by atoms with E-state index < -0.39 is 5.97 Å². The van der Waals surface area contributed by atoms with Gasteiger partial charge in [-0.15, -0.1) is 11.8 Å². The van der Waals surface area contributed by atoms with Gasteiger partial charge in [-0.3, -0.25) is 4.79 Å². The number of rotatable bonds is 4. The number of nitrogens with one attached hydrogen (secondary N) is 1. The van der Waals surface area contributed by atoms with E-state index in [1.54, 1.807) is 12.3 Å². The number of hydrogen-bond donors (Lipinski definition) is 2. The lowest BCUT2D eigenvalue weighted by molar-refractivity contribution is -0.133. The number of H-pyrrole nitrogens is 1. The molecule has 0 fully saturated rings. The molecule has 2 aromatic rings. The lowest BCUT2D eigenvalue weighted by Gasteiger charge is -1.97. The molecule has 0 radical (unpaired) electrons. The van der Waals surface area contributed by atoms with Gasteiger partial charge in [0.2, 0.25) is 0 Å². The zero-order valence-corrected chi connectivity index (χ0v) is 9.18. The van der Waals surface area contributed by atoms with Crippen LogP contribution in [0.15, 0.2) is 24.4 Å². The molecule has 5 heteroatoms. The minimum absolute atomic E-state index is 0.0575. The standard InChI is InChI=1S/C11H10FNO2S/c12-8-1-2-10-9(3-8)7(4-13-10)5-16-6-11(14)15/h1-4,13H,5-6H2,(H,14,15). The van der Waals surface area contributed by atoms with E-state index in [4.69, 9.17) is 5.11 Å². The van der Waals surface area contributed by atoms with Crippen LogP contribution in [-0.4, -0.2) is 21.8 Å². The summed E-state index contributed by atoms with van der Waals surface area (Å²) in [5.74, 6) is -0.495. The highest BCUT2D eigenvalue weighted by atomic mass is 32.2. The molecule has 0 bridgehead atoms. The second-order valence-corrected chi connectivity index (χ2v) is 4.38. The molecule has 1 aromatic heterocycles. The van der Waals surface area contributed by atoms with E-state index in [1.165, 1.54) is 23.9 Å². The number of aromatic amines is 1. The van der Waals surface area contributed by atoms with Crippen molar-refractivity contribution in [1.29, 1.82) is 0 Å². The number of carbonyl (C=O) groups is 1. The third-order valence-electron chi connectivity index (χ3n) is 2.21. The highest BCUT2D eigenvalue weighted by Gasteiger charge is 2.05. The van der Waals surface area contributed by atoms with Gasteiger partial charge in [0.05, 0.1) is 5.75 Å². The van der Waals surface area contributed by atoms with Gasteiger partial charge < -0.3 is 10.1 Å². The Morgan fingerprint density at radius 1 is 1.50 bits per heavy atom. The van der Waals surface area contributed by atoms with E-state index >= 15 is 0 Å². The normalized spacial score (nSPS) is 10.8. The number of hydrogen-bond acceptors (Lipinski definition) is 2. The molecule has 16 heavy (non-hydrogen) atoms. The topological polar surface area (TPSA) is 53.1 Å². The minimum Gasteiger partial charge on any atom is -0.481 e. The second-order valence-electron chi connectivity index (χ2n) is 3.39. The highest BCUT2D eigenvalue weighted by Crippen LogP contribution is 2.23. The van der Waals surface area contributed by atoms with Gasteiger partial charge in [-0.25, -0.2) is 4.39 Å². The first-order valence-corrected chi connectivity index (χ1v) is 5.87. The van der Waals surface area contributed by atoms with Crippen molar-refractivity contribution in [2.45, 2.75) is 5.75 Å². The summed E-state index contributed by atoms with van der Waals surface area (Å²) in [5.41, 5.74) is 1.80. The van der Waals surface area contributed by atoms with E-state index in [-0.39, 0.29) is 11.6 Å². The van der Waals surface area contributed by atoms with E-state index in [0.717, 1.165) is 16.5 Å². The molecular weight excluding hydrogens is 229 g/mol. The van der Waals surface area contributed by atoms with Crippen LogP contribution in [-0.2, 0) is 10.5 Å². The van der Waals surface area contributed by atoms with Crippen LogP contribution in [0.1, 0.15) is 5.56 Å². The molecule has 2 N–H and O–H groups in total. The predicted molar refractivity (Wildman–Crippen MR) is 62.1 cm³/mol. The number of carboxylic acid groups (broad SMARTS) is 1. The molecule has 0 saturated carbocycles.